The summed E-state index contributed by atoms with van der Waals surface area (Å²) in [6, 6.07) is 23.4. The molecule has 0 aliphatic carbocycles. The lowest BCUT2D eigenvalue weighted by Crippen LogP contribution is -2.23. The molecule has 0 amide bonds. The predicted molar refractivity (Wildman–Crippen MR) is 129 cm³/mol. The van der Waals surface area contributed by atoms with E-state index in [-0.39, 0.29) is 10.9 Å². The van der Waals surface area contributed by atoms with Gasteiger partial charge in [0, 0.05) is 23.0 Å². The molecule has 0 spiro atoms. The number of rotatable bonds is 6. The van der Waals surface area contributed by atoms with E-state index >= 15 is 0 Å². The number of methoxy groups -OCH3 is 1. The van der Waals surface area contributed by atoms with E-state index in [9.17, 15) is 4.39 Å². The molecule has 160 valence electrons. The number of hydrogen-bond acceptors (Lipinski definition) is 4. The van der Waals surface area contributed by atoms with Crippen LogP contribution in [0.4, 0.5) is 10.1 Å². The van der Waals surface area contributed by atoms with Crippen LogP contribution in [0, 0.1) is 5.82 Å². The smallest absolute Gasteiger partial charge is 0.191 e. The largest absolute Gasteiger partial charge is 0.497 e. The Labute approximate surface area is 190 Å². The second kappa shape index (κ2) is 9.84. The van der Waals surface area contributed by atoms with Crippen molar-refractivity contribution < 1.29 is 9.13 Å². The van der Waals surface area contributed by atoms with E-state index in [0.29, 0.717) is 5.69 Å². The average molecular weight is 446 g/mol. The molecule has 0 saturated heterocycles. The maximum atomic E-state index is 13.0. The number of ether oxygens (including phenoxy) is 1. The van der Waals surface area contributed by atoms with Gasteiger partial charge in [-0.05, 0) is 72.9 Å². The highest BCUT2D eigenvalue weighted by Gasteiger charge is 2.11. The molecular weight excluding hydrogens is 425 g/mol. The van der Waals surface area contributed by atoms with Gasteiger partial charge in [0.1, 0.15) is 17.3 Å². The quantitative estimate of drug-likeness (QED) is 0.248. The molecule has 1 aromatic heterocycles. The summed E-state index contributed by atoms with van der Waals surface area (Å²) in [6.07, 6.45) is 3.56. The molecule has 0 radical (unpaired) electrons. The SMILES string of the molecule is COc1ccc(-c2nn(-c3ccccc3)cc2/C=N\NC(=S)Nc2ccc(F)cc2)cc1. The Morgan fingerprint density at radius 2 is 1.75 bits per heavy atom. The van der Waals surface area contributed by atoms with Crippen molar-refractivity contribution in [3.05, 3.63) is 96.4 Å². The van der Waals surface area contributed by atoms with E-state index in [1.807, 2.05) is 60.8 Å². The molecule has 0 saturated carbocycles. The topological polar surface area (TPSA) is 63.5 Å². The van der Waals surface area contributed by atoms with Gasteiger partial charge in [0.2, 0.25) is 0 Å². The fraction of sp³-hybridized carbons (Fsp3) is 0.0417. The van der Waals surface area contributed by atoms with Gasteiger partial charge in [0.15, 0.2) is 5.11 Å². The molecule has 2 N–H and O–H groups in total. The first-order valence-electron chi connectivity index (χ1n) is 9.77. The van der Waals surface area contributed by atoms with Crippen LogP contribution in [-0.2, 0) is 0 Å². The van der Waals surface area contributed by atoms with E-state index in [2.05, 4.69) is 15.8 Å². The number of halogens is 1. The third kappa shape index (κ3) is 5.16. The summed E-state index contributed by atoms with van der Waals surface area (Å²) in [4.78, 5) is 0. The van der Waals surface area contributed by atoms with Crippen LogP contribution in [0.5, 0.6) is 5.75 Å². The van der Waals surface area contributed by atoms with Crippen LogP contribution in [0.25, 0.3) is 16.9 Å². The fourth-order valence-electron chi connectivity index (χ4n) is 3.02. The summed E-state index contributed by atoms with van der Waals surface area (Å²) >= 11 is 5.26. The van der Waals surface area contributed by atoms with Crippen molar-refractivity contribution in [3.63, 3.8) is 0 Å². The molecule has 3 aromatic carbocycles. The molecule has 0 fully saturated rings. The minimum Gasteiger partial charge on any atom is -0.497 e. The Morgan fingerprint density at radius 1 is 1.03 bits per heavy atom. The van der Waals surface area contributed by atoms with Gasteiger partial charge in [-0.2, -0.15) is 10.2 Å². The minimum absolute atomic E-state index is 0.286. The number of anilines is 1. The standard InChI is InChI=1S/C24H20FN5OS/c1-31-22-13-7-17(8-14-22)23-18(16-30(29-23)21-5-3-2-4-6-21)15-26-28-24(32)27-20-11-9-19(25)10-12-20/h2-16H,1H3,(H2,27,28,32)/b26-15-. The monoisotopic (exact) mass is 445 g/mol. The van der Waals surface area contributed by atoms with Crippen LogP contribution in [0.3, 0.4) is 0 Å². The van der Waals surface area contributed by atoms with E-state index in [4.69, 9.17) is 22.1 Å². The van der Waals surface area contributed by atoms with Crippen LogP contribution in [-0.4, -0.2) is 28.2 Å². The molecule has 0 aliphatic rings. The predicted octanol–water partition coefficient (Wildman–Crippen LogP) is 5.01. The Kier molecular flexibility index (Phi) is 6.52. The number of thiocarbonyl (C=S) groups is 1. The molecule has 4 aromatic rings. The first kappa shape index (κ1) is 21.2. The van der Waals surface area contributed by atoms with Crippen molar-refractivity contribution in [1.29, 1.82) is 0 Å². The lowest BCUT2D eigenvalue weighted by molar-refractivity contribution is 0.415. The van der Waals surface area contributed by atoms with Gasteiger partial charge >= 0.3 is 0 Å². The number of para-hydroxylation sites is 1. The second-order valence-electron chi connectivity index (χ2n) is 6.77. The second-order valence-corrected chi connectivity index (χ2v) is 7.18. The van der Waals surface area contributed by atoms with Gasteiger partial charge in [0.05, 0.1) is 19.0 Å². The molecule has 4 rings (SSSR count). The van der Waals surface area contributed by atoms with Crippen LogP contribution >= 0.6 is 12.2 Å². The van der Waals surface area contributed by atoms with Gasteiger partial charge in [-0.15, -0.1) is 0 Å². The van der Waals surface area contributed by atoms with E-state index in [0.717, 1.165) is 28.3 Å². The lowest BCUT2D eigenvalue weighted by Gasteiger charge is -2.06. The third-order valence-corrected chi connectivity index (χ3v) is 4.79. The maximum Gasteiger partial charge on any atom is 0.191 e. The van der Waals surface area contributed by atoms with Crippen LogP contribution < -0.4 is 15.5 Å². The molecule has 8 heteroatoms. The molecule has 32 heavy (non-hydrogen) atoms. The van der Waals surface area contributed by atoms with Gasteiger partial charge in [-0.3, -0.25) is 5.43 Å². The first-order chi connectivity index (χ1) is 15.6. The first-order valence-corrected chi connectivity index (χ1v) is 10.2. The van der Waals surface area contributed by atoms with Crippen LogP contribution in [0.2, 0.25) is 0 Å². The number of benzene rings is 3. The average Bonchev–Trinajstić information content (AvgIpc) is 3.25. The van der Waals surface area contributed by atoms with Crippen molar-refractivity contribution in [2.24, 2.45) is 5.10 Å². The third-order valence-electron chi connectivity index (χ3n) is 4.60. The Morgan fingerprint density at radius 3 is 2.44 bits per heavy atom. The summed E-state index contributed by atoms with van der Waals surface area (Å²) in [7, 11) is 1.63. The summed E-state index contributed by atoms with van der Waals surface area (Å²) in [5.74, 6) is 0.458. The van der Waals surface area contributed by atoms with E-state index in [1.54, 1.807) is 30.1 Å². The van der Waals surface area contributed by atoms with Gasteiger partial charge < -0.3 is 10.1 Å². The summed E-state index contributed by atoms with van der Waals surface area (Å²) < 4.78 is 20.1. The van der Waals surface area contributed by atoms with Crippen molar-refractivity contribution in [3.8, 4) is 22.7 Å². The fourth-order valence-corrected chi connectivity index (χ4v) is 3.19. The molecule has 0 aliphatic heterocycles. The van der Waals surface area contributed by atoms with Crippen LogP contribution in [0.15, 0.2) is 90.2 Å². The molecule has 0 unspecified atom stereocenters. The van der Waals surface area contributed by atoms with E-state index in [1.165, 1.54) is 12.1 Å². The van der Waals surface area contributed by atoms with Gasteiger partial charge in [-0.25, -0.2) is 9.07 Å². The van der Waals surface area contributed by atoms with Crippen molar-refractivity contribution in [2.75, 3.05) is 12.4 Å². The normalized spacial score (nSPS) is 10.8. The van der Waals surface area contributed by atoms with E-state index < -0.39 is 0 Å². The zero-order valence-corrected chi connectivity index (χ0v) is 18.0. The maximum absolute atomic E-state index is 13.0. The number of hydrazone groups is 1. The summed E-state index contributed by atoms with van der Waals surface area (Å²) in [6.45, 7) is 0. The summed E-state index contributed by atoms with van der Waals surface area (Å²) in [5.41, 5.74) is 6.87. The lowest BCUT2D eigenvalue weighted by atomic mass is 10.1. The molecule has 0 bridgehead atoms. The molecule has 0 atom stereocenters. The van der Waals surface area contributed by atoms with Crippen LogP contribution in [0.1, 0.15) is 5.56 Å². The Bertz CT molecular complexity index is 1220. The number of nitrogens with one attached hydrogen (secondary N) is 2. The Hall–Kier alpha value is -4.04. The Balaban J connectivity index is 1.56. The molecule has 1 heterocycles. The summed E-state index contributed by atoms with van der Waals surface area (Å²) in [5, 5.41) is 12.2. The van der Waals surface area contributed by atoms with Crippen molar-refractivity contribution >= 4 is 29.2 Å². The zero-order valence-electron chi connectivity index (χ0n) is 17.2. The van der Waals surface area contributed by atoms with Crippen molar-refractivity contribution in [1.82, 2.24) is 15.2 Å². The molecular formula is C24H20FN5OS. The van der Waals surface area contributed by atoms with Gasteiger partial charge in [-0.1, -0.05) is 18.2 Å². The number of hydrogen-bond donors (Lipinski definition) is 2. The highest BCUT2D eigenvalue weighted by atomic mass is 32.1. The van der Waals surface area contributed by atoms with Crippen molar-refractivity contribution in [2.45, 2.75) is 0 Å². The molecule has 6 nitrogen and oxygen atoms in total. The minimum atomic E-state index is -0.311. The highest BCUT2D eigenvalue weighted by molar-refractivity contribution is 7.80. The highest BCUT2D eigenvalue weighted by Crippen LogP contribution is 2.25. The number of aromatic nitrogens is 2. The zero-order chi connectivity index (χ0) is 22.3. The van der Waals surface area contributed by atoms with Gasteiger partial charge in [0.25, 0.3) is 0 Å². The number of nitrogens with zero attached hydrogens (tertiary/aromatic N) is 3.